The number of hydrogen-bond donors (Lipinski definition) is 1. The number of carbonyl (C=O) groups excluding carboxylic acids is 1. The van der Waals surface area contributed by atoms with Crippen LogP contribution < -0.4 is 5.32 Å². The molecule has 31 heavy (non-hydrogen) atoms. The van der Waals surface area contributed by atoms with Crippen molar-refractivity contribution in [2.24, 2.45) is 0 Å². The molecule has 0 aliphatic heterocycles. The lowest BCUT2D eigenvalue weighted by Gasteiger charge is -2.12. The molecule has 0 aliphatic carbocycles. The lowest BCUT2D eigenvalue weighted by molar-refractivity contribution is -0.118. The van der Waals surface area contributed by atoms with Crippen molar-refractivity contribution in [2.75, 3.05) is 5.32 Å². The Morgan fingerprint density at radius 3 is 2.23 bits per heavy atom. The highest BCUT2D eigenvalue weighted by atomic mass is 16.1. The van der Waals surface area contributed by atoms with Gasteiger partial charge in [-0.15, -0.1) is 0 Å². The van der Waals surface area contributed by atoms with Crippen molar-refractivity contribution < 1.29 is 4.79 Å². The lowest BCUT2D eigenvalue weighted by Crippen LogP contribution is -2.05. The highest BCUT2D eigenvalue weighted by Gasteiger charge is 2.06. The molecule has 1 heterocycles. The number of pyridine rings is 1. The van der Waals surface area contributed by atoms with Crippen molar-refractivity contribution in [3.63, 3.8) is 0 Å². The Kier molecular flexibility index (Phi) is 6.86. The molecular formula is C28H26N2O. The van der Waals surface area contributed by atoms with Gasteiger partial charge >= 0.3 is 0 Å². The van der Waals surface area contributed by atoms with Crippen molar-refractivity contribution in [1.29, 1.82) is 0 Å². The van der Waals surface area contributed by atoms with E-state index in [1.54, 1.807) is 12.4 Å². The molecule has 0 saturated carbocycles. The average molecular weight is 407 g/mol. The summed E-state index contributed by atoms with van der Waals surface area (Å²) in [5.41, 5.74) is 6.97. The van der Waals surface area contributed by atoms with Gasteiger partial charge < -0.3 is 5.32 Å². The van der Waals surface area contributed by atoms with Crippen LogP contribution in [0.2, 0.25) is 0 Å². The van der Waals surface area contributed by atoms with Gasteiger partial charge in [-0.25, -0.2) is 0 Å². The summed E-state index contributed by atoms with van der Waals surface area (Å²) in [7, 11) is 0. The minimum atomic E-state index is 0.259. The lowest BCUT2D eigenvalue weighted by atomic mass is 9.99. The Bertz CT molecular complexity index is 1110. The molecule has 0 unspecified atom stereocenters. The molecule has 0 saturated heterocycles. The zero-order valence-electron chi connectivity index (χ0n) is 17.5. The highest BCUT2D eigenvalue weighted by molar-refractivity contribution is 5.81. The summed E-state index contributed by atoms with van der Waals surface area (Å²) in [5.74, 6) is 0.259. The number of hydrogen-bond acceptors (Lipinski definition) is 3. The summed E-state index contributed by atoms with van der Waals surface area (Å²) in [5, 5.41) is 3.51. The number of nitrogens with one attached hydrogen (secondary N) is 1. The molecule has 1 N–H and O–H groups in total. The fraction of sp³-hybridized carbons (Fsp3) is 0.143. The van der Waals surface area contributed by atoms with Gasteiger partial charge in [0.25, 0.3) is 0 Å². The van der Waals surface area contributed by atoms with Crippen LogP contribution >= 0.6 is 0 Å². The van der Waals surface area contributed by atoms with Crippen molar-refractivity contribution in [3.05, 3.63) is 120 Å². The van der Waals surface area contributed by atoms with Gasteiger partial charge in [0, 0.05) is 37.5 Å². The number of aromatic nitrogens is 1. The van der Waals surface area contributed by atoms with Crippen LogP contribution in [0.5, 0.6) is 0 Å². The molecule has 4 rings (SSSR count). The van der Waals surface area contributed by atoms with Crippen LogP contribution in [0.15, 0.2) is 103 Å². The first-order valence-electron chi connectivity index (χ1n) is 10.6. The summed E-state index contributed by atoms with van der Waals surface area (Å²) in [6.07, 6.45) is 5.33. The number of nitrogens with zero attached hydrogens (tertiary/aromatic N) is 1. The molecule has 3 heteroatoms. The second-order valence-corrected chi connectivity index (χ2v) is 7.64. The van der Waals surface area contributed by atoms with E-state index in [0.29, 0.717) is 12.8 Å². The van der Waals surface area contributed by atoms with E-state index < -0.39 is 0 Å². The van der Waals surface area contributed by atoms with E-state index in [-0.39, 0.29) is 5.78 Å². The molecule has 0 bridgehead atoms. The van der Waals surface area contributed by atoms with E-state index in [9.17, 15) is 4.79 Å². The van der Waals surface area contributed by atoms with Gasteiger partial charge in [0.05, 0.1) is 0 Å². The Hall–Kier alpha value is -3.72. The van der Waals surface area contributed by atoms with Gasteiger partial charge in [-0.05, 0) is 58.5 Å². The largest absolute Gasteiger partial charge is 0.381 e. The maximum Gasteiger partial charge on any atom is 0.137 e. The molecule has 0 amide bonds. The van der Waals surface area contributed by atoms with E-state index in [0.717, 1.165) is 29.8 Å². The second kappa shape index (κ2) is 10.4. The van der Waals surface area contributed by atoms with Crippen LogP contribution in [0.25, 0.3) is 11.1 Å². The van der Waals surface area contributed by atoms with Gasteiger partial charge in [-0.2, -0.15) is 0 Å². The molecule has 4 aromatic rings. The van der Waals surface area contributed by atoms with Crippen molar-refractivity contribution in [3.8, 4) is 11.1 Å². The van der Waals surface area contributed by atoms with Gasteiger partial charge in [0.1, 0.15) is 5.78 Å². The van der Waals surface area contributed by atoms with Crippen LogP contribution in [-0.4, -0.2) is 10.8 Å². The Morgan fingerprint density at radius 1 is 0.742 bits per heavy atom. The van der Waals surface area contributed by atoms with Gasteiger partial charge in [-0.1, -0.05) is 66.7 Å². The minimum absolute atomic E-state index is 0.259. The van der Waals surface area contributed by atoms with E-state index in [4.69, 9.17) is 0 Å². The molecule has 3 aromatic carbocycles. The van der Waals surface area contributed by atoms with Crippen LogP contribution in [0.1, 0.15) is 23.1 Å². The number of ketones is 1. The van der Waals surface area contributed by atoms with E-state index in [1.165, 1.54) is 16.7 Å². The number of carbonyl (C=O) groups is 1. The fourth-order valence-electron chi connectivity index (χ4n) is 3.66. The zero-order chi connectivity index (χ0) is 21.3. The maximum absolute atomic E-state index is 12.3. The van der Waals surface area contributed by atoms with E-state index >= 15 is 0 Å². The molecule has 3 nitrogen and oxygen atoms in total. The first kappa shape index (κ1) is 20.5. The normalized spacial score (nSPS) is 10.6. The number of aryl methyl sites for hydroxylation is 1. The fourth-order valence-corrected chi connectivity index (χ4v) is 3.66. The predicted octanol–water partition coefficient (Wildman–Crippen LogP) is 6.11. The number of rotatable bonds is 9. The first-order chi connectivity index (χ1) is 15.3. The molecule has 0 spiro atoms. The number of Topliss-reactive ketones (excluding diaryl/α,β-unsaturated/α-hetero) is 1. The Labute approximate surface area is 183 Å². The molecule has 0 aliphatic rings. The van der Waals surface area contributed by atoms with Crippen LogP contribution in [0, 0.1) is 0 Å². The van der Waals surface area contributed by atoms with Crippen molar-refractivity contribution in [2.45, 2.75) is 25.8 Å². The summed E-state index contributed by atoms with van der Waals surface area (Å²) in [6.45, 7) is 0.745. The second-order valence-electron chi connectivity index (χ2n) is 7.64. The SMILES string of the molecule is O=C(CCc1ccncc1)Cc1ccc(NCc2ccccc2-c2ccccc2)cc1. The van der Waals surface area contributed by atoms with Crippen LogP contribution in [0.3, 0.4) is 0 Å². The smallest absolute Gasteiger partial charge is 0.137 e. The van der Waals surface area contributed by atoms with Gasteiger partial charge in [0.15, 0.2) is 0 Å². The van der Waals surface area contributed by atoms with Gasteiger partial charge in [0.2, 0.25) is 0 Å². The molecule has 154 valence electrons. The molecule has 0 fully saturated rings. The average Bonchev–Trinajstić information content (AvgIpc) is 2.84. The molecule has 1 aromatic heterocycles. The predicted molar refractivity (Wildman–Crippen MR) is 127 cm³/mol. The highest BCUT2D eigenvalue weighted by Crippen LogP contribution is 2.24. The third-order valence-corrected chi connectivity index (χ3v) is 5.38. The molecule has 0 radical (unpaired) electrons. The minimum Gasteiger partial charge on any atom is -0.381 e. The maximum atomic E-state index is 12.3. The van der Waals surface area contributed by atoms with Crippen molar-refractivity contribution >= 4 is 11.5 Å². The first-order valence-corrected chi connectivity index (χ1v) is 10.6. The van der Waals surface area contributed by atoms with E-state index in [2.05, 4.69) is 71.0 Å². The summed E-state index contributed by atoms with van der Waals surface area (Å²) >= 11 is 0. The summed E-state index contributed by atoms with van der Waals surface area (Å²) < 4.78 is 0. The van der Waals surface area contributed by atoms with E-state index in [1.807, 2.05) is 30.3 Å². The quantitative estimate of drug-likeness (QED) is 0.365. The summed E-state index contributed by atoms with van der Waals surface area (Å²) in [4.78, 5) is 16.3. The van der Waals surface area contributed by atoms with Gasteiger partial charge in [-0.3, -0.25) is 9.78 Å². The third kappa shape index (κ3) is 5.89. The summed E-state index contributed by atoms with van der Waals surface area (Å²) in [6, 6.07) is 31.0. The molecular weight excluding hydrogens is 380 g/mol. The van der Waals surface area contributed by atoms with Crippen molar-refractivity contribution in [1.82, 2.24) is 4.98 Å². The molecule has 0 atom stereocenters. The topological polar surface area (TPSA) is 42.0 Å². The monoisotopic (exact) mass is 406 g/mol. The van der Waals surface area contributed by atoms with Crippen LogP contribution in [0.4, 0.5) is 5.69 Å². The standard InChI is InChI=1S/C28H26N2O/c31-27(15-12-22-16-18-29-19-17-22)20-23-10-13-26(14-11-23)30-21-25-8-4-5-9-28(25)24-6-2-1-3-7-24/h1-11,13-14,16-19,30H,12,15,20-21H2. The number of anilines is 1. The zero-order valence-corrected chi connectivity index (χ0v) is 17.5. The van der Waals surface area contributed by atoms with Crippen LogP contribution in [-0.2, 0) is 24.2 Å². The number of benzene rings is 3. The third-order valence-electron chi connectivity index (χ3n) is 5.38. The Balaban J connectivity index is 1.32. The Morgan fingerprint density at radius 2 is 1.45 bits per heavy atom.